The van der Waals surface area contributed by atoms with Gasteiger partial charge in [-0.2, -0.15) is 11.8 Å². The lowest BCUT2D eigenvalue weighted by Crippen LogP contribution is -2.39. The van der Waals surface area contributed by atoms with E-state index in [2.05, 4.69) is 20.9 Å². The summed E-state index contributed by atoms with van der Waals surface area (Å²) in [7, 11) is 0. The van der Waals surface area contributed by atoms with Crippen molar-refractivity contribution >= 4 is 53.3 Å². The Hall–Kier alpha value is -1.03. The molecule has 0 heterocycles. The van der Waals surface area contributed by atoms with Crippen LogP contribution in [0.4, 0.5) is 10.1 Å². The zero-order valence-corrected chi connectivity index (χ0v) is 15.8. The fourth-order valence-corrected chi connectivity index (χ4v) is 1.80. The smallest absolute Gasteiger partial charge is 0.246 e. The first-order valence-corrected chi connectivity index (χ1v) is 8.11. The van der Waals surface area contributed by atoms with Crippen LogP contribution in [-0.4, -0.2) is 43.5 Å². The molecule has 0 aliphatic rings. The molecule has 1 amide bonds. The molecule has 0 radical (unpaired) electrons. The highest BCUT2D eigenvalue weighted by atomic mass is 127. The Balaban J connectivity index is 0.00000441. The zero-order chi connectivity index (χ0) is 15.5. The first kappa shape index (κ1) is 21.0. The fraction of sp³-hybridized carbons (Fsp3) is 0.429. The average molecular weight is 440 g/mol. The SMILES string of the molecule is CCNC(=NCC(=O)Nc1ccc(F)cc1)NCCSC.I. The highest BCUT2D eigenvalue weighted by molar-refractivity contribution is 14.0. The highest BCUT2D eigenvalue weighted by Gasteiger charge is 2.03. The van der Waals surface area contributed by atoms with Gasteiger partial charge in [-0.25, -0.2) is 9.38 Å². The van der Waals surface area contributed by atoms with Gasteiger partial charge in [0.15, 0.2) is 5.96 Å². The average Bonchev–Trinajstić information content (AvgIpc) is 2.47. The maximum absolute atomic E-state index is 12.8. The van der Waals surface area contributed by atoms with E-state index in [1.54, 1.807) is 11.8 Å². The summed E-state index contributed by atoms with van der Waals surface area (Å²) in [5, 5.41) is 8.87. The summed E-state index contributed by atoms with van der Waals surface area (Å²) in [6.45, 7) is 3.48. The van der Waals surface area contributed by atoms with Crippen LogP contribution in [0.1, 0.15) is 6.92 Å². The van der Waals surface area contributed by atoms with E-state index in [-0.39, 0.29) is 42.2 Å². The summed E-state index contributed by atoms with van der Waals surface area (Å²) in [6.07, 6.45) is 2.03. The predicted molar refractivity (Wildman–Crippen MR) is 103 cm³/mol. The Labute approximate surface area is 151 Å². The third kappa shape index (κ3) is 9.08. The minimum Gasteiger partial charge on any atom is -0.357 e. The maximum atomic E-state index is 12.8. The molecule has 0 unspecified atom stereocenters. The molecule has 0 bridgehead atoms. The van der Waals surface area contributed by atoms with E-state index < -0.39 is 0 Å². The first-order valence-electron chi connectivity index (χ1n) is 6.72. The topological polar surface area (TPSA) is 65.5 Å². The summed E-state index contributed by atoms with van der Waals surface area (Å²) in [5.74, 6) is 0.995. The largest absolute Gasteiger partial charge is 0.357 e. The van der Waals surface area contributed by atoms with Gasteiger partial charge in [0.05, 0.1) is 0 Å². The molecule has 0 fully saturated rings. The second-order valence-corrected chi connectivity index (χ2v) is 5.16. The number of benzene rings is 1. The molecule has 0 aliphatic heterocycles. The minimum atomic E-state index is -0.335. The molecule has 0 saturated heterocycles. The van der Waals surface area contributed by atoms with Crippen molar-refractivity contribution in [2.75, 3.05) is 37.0 Å². The van der Waals surface area contributed by atoms with Gasteiger partial charge in [0.1, 0.15) is 12.4 Å². The highest BCUT2D eigenvalue weighted by Crippen LogP contribution is 2.07. The number of amides is 1. The van der Waals surface area contributed by atoms with Crippen LogP contribution in [0.5, 0.6) is 0 Å². The van der Waals surface area contributed by atoms with Crippen LogP contribution in [0.3, 0.4) is 0 Å². The van der Waals surface area contributed by atoms with Crippen molar-refractivity contribution in [1.82, 2.24) is 10.6 Å². The van der Waals surface area contributed by atoms with Gasteiger partial charge in [-0.05, 0) is 37.4 Å². The standard InChI is InChI=1S/C14H21FN4OS.HI/c1-3-16-14(17-8-9-21-2)18-10-13(20)19-12-6-4-11(15)5-7-12;/h4-7H,3,8-10H2,1-2H3,(H,19,20)(H2,16,17,18);1H. The molecule has 124 valence electrons. The number of nitrogens with one attached hydrogen (secondary N) is 3. The third-order valence-electron chi connectivity index (χ3n) is 2.45. The Bertz CT molecular complexity index is 470. The zero-order valence-electron chi connectivity index (χ0n) is 12.7. The lowest BCUT2D eigenvalue weighted by atomic mass is 10.3. The predicted octanol–water partition coefficient (Wildman–Crippen LogP) is 2.30. The minimum absolute atomic E-state index is 0. The monoisotopic (exact) mass is 440 g/mol. The number of aliphatic imine (C=N–C) groups is 1. The van der Waals surface area contributed by atoms with E-state index in [1.165, 1.54) is 24.3 Å². The number of carbonyl (C=O) groups is 1. The number of carbonyl (C=O) groups excluding carboxylic acids is 1. The van der Waals surface area contributed by atoms with Gasteiger partial charge in [-0.1, -0.05) is 0 Å². The summed E-state index contributed by atoms with van der Waals surface area (Å²) >= 11 is 1.73. The Kier molecular flexibility index (Phi) is 11.9. The molecule has 0 saturated carbocycles. The number of anilines is 1. The van der Waals surface area contributed by atoms with Crippen LogP contribution < -0.4 is 16.0 Å². The van der Waals surface area contributed by atoms with E-state index in [4.69, 9.17) is 0 Å². The molecule has 3 N–H and O–H groups in total. The van der Waals surface area contributed by atoms with Gasteiger partial charge in [-0.15, -0.1) is 24.0 Å². The quantitative estimate of drug-likeness (QED) is 0.264. The second kappa shape index (κ2) is 12.5. The molecule has 0 atom stereocenters. The van der Waals surface area contributed by atoms with Crippen LogP contribution >= 0.6 is 35.7 Å². The van der Waals surface area contributed by atoms with Crippen LogP contribution in [0, 0.1) is 5.82 Å². The maximum Gasteiger partial charge on any atom is 0.246 e. The van der Waals surface area contributed by atoms with Crippen molar-refractivity contribution in [3.63, 3.8) is 0 Å². The molecule has 1 aromatic rings. The van der Waals surface area contributed by atoms with Crippen LogP contribution in [-0.2, 0) is 4.79 Å². The van der Waals surface area contributed by atoms with Crippen molar-refractivity contribution in [3.05, 3.63) is 30.1 Å². The number of hydrogen-bond acceptors (Lipinski definition) is 3. The number of hydrogen-bond donors (Lipinski definition) is 3. The van der Waals surface area contributed by atoms with Crippen molar-refractivity contribution in [2.24, 2.45) is 4.99 Å². The van der Waals surface area contributed by atoms with E-state index in [0.717, 1.165) is 18.8 Å². The van der Waals surface area contributed by atoms with Crippen molar-refractivity contribution in [3.8, 4) is 0 Å². The van der Waals surface area contributed by atoms with Gasteiger partial charge in [-0.3, -0.25) is 4.79 Å². The Morgan fingerprint density at radius 2 is 1.95 bits per heavy atom. The van der Waals surface area contributed by atoms with Crippen molar-refractivity contribution < 1.29 is 9.18 Å². The molecule has 1 aromatic carbocycles. The lowest BCUT2D eigenvalue weighted by Gasteiger charge is -2.10. The summed E-state index contributed by atoms with van der Waals surface area (Å²) in [4.78, 5) is 16.0. The summed E-state index contributed by atoms with van der Waals surface area (Å²) in [5.41, 5.74) is 0.553. The molecule has 0 spiro atoms. The van der Waals surface area contributed by atoms with E-state index >= 15 is 0 Å². The van der Waals surface area contributed by atoms with Gasteiger partial charge >= 0.3 is 0 Å². The van der Waals surface area contributed by atoms with Crippen LogP contribution in [0.2, 0.25) is 0 Å². The van der Waals surface area contributed by atoms with Gasteiger partial charge < -0.3 is 16.0 Å². The van der Waals surface area contributed by atoms with E-state index in [0.29, 0.717) is 11.6 Å². The molecule has 0 aromatic heterocycles. The van der Waals surface area contributed by atoms with Gasteiger partial charge in [0, 0.05) is 24.5 Å². The van der Waals surface area contributed by atoms with Crippen molar-refractivity contribution in [2.45, 2.75) is 6.92 Å². The van der Waals surface area contributed by atoms with Gasteiger partial charge in [0.25, 0.3) is 0 Å². The van der Waals surface area contributed by atoms with Crippen molar-refractivity contribution in [1.29, 1.82) is 0 Å². The molecule has 22 heavy (non-hydrogen) atoms. The number of rotatable bonds is 7. The molecule has 5 nitrogen and oxygen atoms in total. The van der Waals surface area contributed by atoms with E-state index in [1.807, 2.05) is 13.2 Å². The molecule has 8 heteroatoms. The normalized spacial score (nSPS) is 10.6. The third-order valence-corrected chi connectivity index (χ3v) is 3.06. The summed E-state index contributed by atoms with van der Waals surface area (Å²) in [6, 6.07) is 5.62. The molecule has 1 rings (SSSR count). The lowest BCUT2D eigenvalue weighted by molar-refractivity contribution is -0.114. The number of nitrogens with zero attached hydrogens (tertiary/aromatic N) is 1. The van der Waals surface area contributed by atoms with Gasteiger partial charge in [0.2, 0.25) is 5.91 Å². The van der Waals surface area contributed by atoms with Crippen LogP contribution in [0.25, 0.3) is 0 Å². The molecule has 0 aliphatic carbocycles. The fourth-order valence-electron chi connectivity index (χ4n) is 1.50. The first-order chi connectivity index (χ1) is 10.2. The Morgan fingerprint density at radius 1 is 1.27 bits per heavy atom. The molecular formula is C14H22FIN4OS. The number of thioether (sulfide) groups is 1. The number of guanidine groups is 1. The number of halogens is 2. The second-order valence-electron chi connectivity index (χ2n) is 4.17. The van der Waals surface area contributed by atoms with E-state index in [9.17, 15) is 9.18 Å². The summed E-state index contributed by atoms with van der Waals surface area (Å²) < 4.78 is 12.8. The Morgan fingerprint density at radius 3 is 2.55 bits per heavy atom. The molecular weight excluding hydrogens is 418 g/mol. The van der Waals surface area contributed by atoms with Crippen LogP contribution in [0.15, 0.2) is 29.3 Å².